The summed E-state index contributed by atoms with van der Waals surface area (Å²) in [6, 6.07) is 5.60. The van der Waals surface area contributed by atoms with Crippen molar-refractivity contribution in [2.45, 2.75) is 13.8 Å². The summed E-state index contributed by atoms with van der Waals surface area (Å²) < 4.78 is 42.3. The SMILES string of the molecule is Cc1cn(-c2ccc(F)cc2F)c2c(C)cc(F)cc2c1=O. The molecule has 5 heteroatoms. The highest BCUT2D eigenvalue weighted by Crippen LogP contribution is 2.24. The number of rotatable bonds is 1. The largest absolute Gasteiger partial charge is 0.313 e. The summed E-state index contributed by atoms with van der Waals surface area (Å²) in [5, 5.41) is 0.168. The van der Waals surface area contributed by atoms with Crippen molar-refractivity contribution in [1.29, 1.82) is 0 Å². The summed E-state index contributed by atoms with van der Waals surface area (Å²) >= 11 is 0. The van der Waals surface area contributed by atoms with E-state index >= 15 is 0 Å². The number of benzene rings is 2. The molecular formula is C17H12F3NO. The van der Waals surface area contributed by atoms with Crippen molar-refractivity contribution < 1.29 is 13.2 Å². The zero-order valence-electron chi connectivity index (χ0n) is 12.0. The highest BCUT2D eigenvalue weighted by atomic mass is 19.1. The molecule has 3 rings (SSSR count). The maximum absolute atomic E-state index is 14.1. The Morgan fingerprint density at radius 1 is 0.909 bits per heavy atom. The van der Waals surface area contributed by atoms with Crippen LogP contribution in [0.5, 0.6) is 0 Å². The van der Waals surface area contributed by atoms with Gasteiger partial charge in [0.25, 0.3) is 0 Å². The van der Waals surface area contributed by atoms with Gasteiger partial charge in [0, 0.05) is 23.2 Å². The summed E-state index contributed by atoms with van der Waals surface area (Å²) in [5.41, 5.74) is 1.04. The van der Waals surface area contributed by atoms with E-state index in [1.165, 1.54) is 22.9 Å². The van der Waals surface area contributed by atoms with E-state index in [2.05, 4.69) is 0 Å². The number of hydrogen-bond acceptors (Lipinski definition) is 1. The number of hydrogen-bond donors (Lipinski definition) is 0. The summed E-state index contributed by atoms with van der Waals surface area (Å²) in [6.45, 7) is 3.21. The maximum atomic E-state index is 14.1. The topological polar surface area (TPSA) is 22.0 Å². The average molecular weight is 303 g/mol. The lowest BCUT2D eigenvalue weighted by Crippen LogP contribution is -2.13. The zero-order valence-corrected chi connectivity index (χ0v) is 12.0. The summed E-state index contributed by atoms with van der Waals surface area (Å²) in [6.07, 6.45) is 1.48. The second-order valence-corrected chi connectivity index (χ2v) is 5.23. The third-order valence-electron chi connectivity index (χ3n) is 3.60. The normalized spacial score (nSPS) is 11.1. The fourth-order valence-electron chi connectivity index (χ4n) is 2.62. The Kier molecular flexibility index (Phi) is 3.28. The molecule has 0 fully saturated rings. The van der Waals surface area contributed by atoms with E-state index in [1.54, 1.807) is 13.8 Å². The molecule has 0 amide bonds. The van der Waals surface area contributed by atoms with Crippen molar-refractivity contribution in [3.8, 4) is 5.69 Å². The summed E-state index contributed by atoms with van der Waals surface area (Å²) in [5.74, 6) is -1.97. The van der Waals surface area contributed by atoms with E-state index in [0.717, 1.165) is 18.2 Å². The molecule has 0 aliphatic heterocycles. The molecule has 112 valence electrons. The molecule has 0 atom stereocenters. The second-order valence-electron chi connectivity index (χ2n) is 5.23. The third kappa shape index (κ3) is 2.19. The highest BCUT2D eigenvalue weighted by Gasteiger charge is 2.14. The smallest absolute Gasteiger partial charge is 0.192 e. The number of nitrogens with zero attached hydrogens (tertiary/aromatic N) is 1. The maximum Gasteiger partial charge on any atom is 0.192 e. The van der Waals surface area contributed by atoms with E-state index in [4.69, 9.17) is 0 Å². The summed E-state index contributed by atoms with van der Waals surface area (Å²) in [4.78, 5) is 12.2. The van der Waals surface area contributed by atoms with Crippen LogP contribution in [-0.2, 0) is 0 Å². The predicted octanol–water partition coefficient (Wildman–Crippen LogP) is 4.02. The van der Waals surface area contributed by atoms with Gasteiger partial charge in [-0.25, -0.2) is 13.2 Å². The van der Waals surface area contributed by atoms with Gasteiger partial charge in [-0.2, -0.15) is 0 Å². The molecule has 0 saturated heterocycles. The van der Waals surface area contributed by atoms with E-state index in [-0.39, 0.29) is 16.5 Å². The molecule has 2 nitrogen and oxygen atoms in total. The molecule has 1 heterocycles. The quantitative estimate of drug-likeness (QED) is 0.665. The number of aryl methyl sites for hydroxylation is 2. The van der Waals surface area contributed by atoms with Crippen LogP contribution in [0.4, 0.5) is 13.2 Å². The van der Waals surface area contributed by atoms with Gasteiger partial charge in [-0.05, 0) is 43.7 Å². The standard InChI is InChI=1S/C17H12F3NO/c1-9-5-12(19)6-13-16(9)21(8-10(2)17(13)22)15-4-3-11(18)7-14(15)20/h3-8H,1-2H3. The lowest BCUT2D eigenvalue weighted by Gasteiger charge is -2.15. The molecule has 0 aliphatic rings. The zero-order chi connectivity index (χ0) is 16.0. The van der Waals surface area contributed by atoms with Crippen molar-refractivity contribution in [1.82, 2.24) is 4.57 Å². The molecule has 0 radical (unpaired) electrons. The molecular weight excluding hydrogens is 291 g/mol. The van der Waals surface area contributed by atoms with Crippen LogP contribution in [0.1, 0.15) is 11.1 Å². The molecule has 0 saturated carbocycles. The average Bonchev–Trinajstić information content (AvgIpc) is 2.43. The summed E-state index contributed by atoms with van der Waals surface area (Å²) in [7, 11) is 0. The van der Waals surface area contributed by atoms with Crippen LogP contribution in [0.3, 0.4) is 0 Å². The van der Waals surface area contributed by atoms with Crippen molar-refractivity contribution in [3.05, 3.63) is 75.3 Å². The van der Waals surface area contributed by atoms with Gasteiger partial charge in [0.1, 0.15) is 17.5 Å². The number of pyridine rings is 1. The molecule has 0 N–H and O–H groups in total. The van der Waals surface area contributed by atoms with Crippen LogP contribution in [0.15, 0.2) is 41.3 Å². The van der Waals surface area contributed by atoms with Crippen molar-refractivity contribution >= 4 is 10.9 Å². The van der Waals surface area contributed by atoms with Crippen LogP contribution >= 0.6 is 0 Å². The van der Waals surface area contributed by atoms with Crippen molar-refractivity contribution in [2.24, 2.45) is 0 Å². The van der Waals surface area contributed by atoms with Crippen LogP contribution in [0.25, 0.3) is 16.6 Å². The number of halogens is 3. The van der Waals surface area contributed by atoms with Crippen molar-refractivity contribution in [2.75, 3.05) is 0 Å². The highest BCUT2D eigenvalue weighted by molar-refractivity contribution is 5.84. The molecule has 1 aromatic heterocycles. The Balaban J connectivity index is 2.49. The van der Waals surface area contributed by atoms with Crippen molar-refractivity contribution in [3.63, 3.8) is 0 Å². The minimum Gasteiger partial charge on any atom is -0.313 e. The monoisotopic (exact) mass is 303 g/mol. The lowest BCUT2D eigenvalue weighted by molar-refractivity contribution is 0.578. The van der Waals surface area contributed by atoms with Crippen LogP contribution in [0, 0.1) is 31.3 Å². The van der Waals surface area contributed by atoms with Gasteiger partial charge in [0.2, 0.25) is 0 Å². The fraction of sp³-hybridized carbons (Fsp3) is 0.118. The Morgan fingerprint density at radius 2 is 1.64 bits per heavy atom. The van der Waals surface area contributed by atoms with E-state index < -0.39 is 17.5 Å². The number of fused-ring (bicyclic) bond motifs is 1. The van der Waals surface area contributed by atoms with Gasteiger partial charge in [-0.3, -0.25) is 4.79 Å². The van der Waals surface area contributed by atoms with E-state index in [1.807, 2.05) is 0 Å². The van der Waals surface area contributed by atoms with Gasteiger partial charge < -0.3 is 4.57 Å². The van der Waals surface area contributed by atoms with Gasteiger partial charge in [0.15, 0.2) is 5.43 Å². The first-order valence-electron chi connectivity index (χ1n) is 6.66. The van der Waals surface area contributed by atoms with Gasteiger partial charge in [-0.1, -0.05) is 0 Å². The minimum absolute atomic E-state index is 0.101. The molecule has 3 aromatic rings. The Labute approximate surface area is 124 Å². The van der Waals surface area contributed by atoms with Gasteiger partial charge in [0.05, 0.1) is 11.2 Å². The molecule has 0 aliphatic carbocycles. The molecule has 0 bridgehead atoms. The molecule has 0 unspecified atom stereocenters. The Hall–Kier alpha value is -2.56. The van der Waals surface area contributed by atoms with Crippen LogP contribution < -0.4 is 5.43 Å². The van der Waals surface area contributed by atoms with Gasteiger partial charge >= 0.3 is 0 Å². The molecule has 22 heavy (non-hydrogen) atoms. The number of aromatic nitrogens is 1. The van der Waals surface area contributed by atoms with Gasteiger partial charge in [-0.15, -0.1) is 0 Å². The third-order valence-corrected chi connectivity index (χ3v) is 3.60. The second kappa shape index (κ2) is 5.02. The first-order valence-corrected chi connectivity index (χ1v) is 6.66. The fourth-order valence-corrected chi connectivity index (χ4v) is 2.62. The van der Waals surface area contributed by atoms with E-state index in [0.29, 0.717) is 16.6 Å². The molecule has 2 aromatic carbocycles. The first-order chi connectivity index (χ1) is 10.4. The van der Waals surface area contributed by atoms with Crippen LogP contribution in [0.2, 0.25) is 0 Å². The van der Waals surface area contributed by atoms with Crippen LogP contribution in [-0.4, -0.2) is 4.57 Å². The Morgan fingerprint density at radius 3 is 2.32 bits per heavy atom. The lowest BCUT2D eigenvalue weighted by atomic mass is 10.1. The molecule has 0 spiro atoms. The minimum atomic E-state index is -0.756. The predicted molar refractivity (Wildman–Crippen MR) is 78.9 cm³/mol. The first kappa shape index (κ1) is 14.4. The Bertz CT molecular complexity index is 960. The van der Waals surface area contributed by atoms with E-state index in [9.17, 15) is 18.0 Å².